The highest BCUT2D eigenvalue weighted by molar-refractivity contribution is 6.42. The van der Waals surface area contributed by atoms with Gasteiger partial charge in [0.2, 0.25) is 0 Å². The molecule has 0 aromatic heterocycles. The molecule has 0 heterocycles. The molecular weight excluding hydrogens is 274 g/mol. The van der Waals surface area contributed by atoms with Crippen molar-refractivity contribution in [2.24, 2.45) is 0 Å². The maximum absolute atomic E-state index is 13.1. The Balaban J connectivity index is 2.21. The van der Waals surface area contributed by atoms with Gasteiger partial charge in [0.1, 0.15) is 5.82 Å². The maximum Gasteiger partial charge on any atom is 0.123 e. The van der Waals surface area contributed by atoms with Crippen molar-refractivity contribution in [2.75, 3.05) is 0 Å². The van der Waals surface area contributed by atoms with Crippen LogP contribution >= 0.6 is 23.2 Å². The Morgan fingerprint density at radius 2 is 1.83 bits per heavy atom. The molecule has 2 aromatic carbocycles. The summed E-state index contributed by atoms with van der Waals surface area (Å²) in [6.07, 6.45) is -0.514. The lowest BCUT2D eigenvalue weighted by Gasteiger charge is -2.12. The molecule has 0 radical (unpaired) electrons. The molecule has 0 saturated heterocycles. The molecule has 94 valence electrons. The molecule has 0 bridgehead atoms. The highest BCUT2D eigenvalue weighted by atomic mass is 35.5. The van der Waals surface area contributed by atoms with E-state index in [0.29, 0.717) is 22.0 Å². The molecule has 1 unspecified atom stereocenters. The summed E-state index contributed by atoms with van der Waals surface area (Å²) < 4.78 is 13.1. The summed E-state index contributed by atoms with van der Waals surface area (Å²) in [5.41, 5.74) is 1.26. The molecule has 18 heavy (non-hydrogen) atoms. The first-order valence-electron chi connectivity index (χ1n) is 5.44. The van der Waals surface area contributed by atoms with Crippen LogP contribution in [0.4, 0.5) is 4.39 Å². The lowest BCUT2D eigenvalue weighted by molar-refractivity contribution is 0.178. The second-order valence-electron chi connectivity index (χ2n) is 3.99. The van der Waals surface area contributed by atoms with Crippen LogP contribution in [0.1, 0.15) is 17.2 Å². The Morgan fingerprint density at radius 1 is 1.11 bits per heavy atom. The van der Waals surface area contributed by atoms with Crippen LogP contribution in [0.15, 0.2) is 42.5 Å². The van der Waals surface area contributed by atoms with Gasteiger partial charge in [0.05, 0.1) is 16.1 Å². The van der Waals surface area contributed by atoms with Crippen LogP contribution < -0.4 is 0 Å². The van der Waals surface area contributed by atoms with E-state index in [2.05, 4.69) is 0 Å². The van der Waals surface area contributed by atoms with Crippen molar-refractivity contribution < 1.29 is 9.50 Å². The van der Waals surface area contributed by atoms with E-state index in [9.17, 15) is 9.50 Å². The molecule has 4 heteroatoms. The number of rotatable bonds is 3. The molecule has 2 aromatic rings. The third-order valence-electron chi connectivity index (χ3n) is 2.68. The molecule has 2 rings (SSSR count). The quantitative estimate of drug-likeness (QED) is 0.885. The van der Waals surface area contributed by atoms with E-state index in [1.165, 1.54) is 12.1 Å². The summed E-state index contributed by atoms with van der Waals surface area (Å²) in [5.74, 6) is -0.372. The first-order chi connectivity index (χ1) is 8.58. The van der Waals surface area contributed by atoms with Gasteiger partial charge in [-0.05, 0) is 29.3 Å². The van der Waals surface area contributed by atoms with Crippen LogP contribution in [0.5, 0.6) is 0 Å². The highest BCUT2D eigenvalue weighted by Gasteiger charge is 2.12. The second kappa shape index (κ2) is 5.70. The molecule has 1 N–H and O–H groups in total. The molecule has 0 fully saturated rings. The van der Waals surface area contributed by atoms with Crippen LogP contribution in [-0.2, 0) is 6.42 Å². The maximum atomic E-state index is 13.1. The van der Waals surface area contributed by atoms with Crippen molar-refractivity contribution in [3.05, 3.63) is 69.5 Å². The van der Waals surface area contributed by atoms with E-state index in [-0.39, 0.29) is 5.82 Å². The second-order valence-corrected chi connectivity index (χ2v) is 4.77. The zero-order valence-electron chi connectivity index (χ0n) is 9.41. The Labute approximate surface area is 115 Å². The normalized spacial score (nSPS) is 12.4. The first kappa shape index (κ1) is 13.3. The summed E-state index contributed by atoms with van der Waals surface area (Å²) in [6, 6.07) is 11.1. The fourth-order valence-electron chi connectivity index (χ4n) is 1.75. The van der Waals surface area contributed by atoms with Gasteiger partial charge in [-0.2, -0.15) is 0 Å². The smallest absolute Gasteiger partial charge is 0.123 e. The number of hydrogen-bond acceptors (Lipinski definition) is 1. The Morgan fingerprint density at radius 3 is 2.56 bits per heavy atom. The summed E-state index contributed by atoms with van der Waals surface area (Å²) in [5, 5.41) is 10.9. The van der Waals surface area contributed by atoms with Crippen molar-refractivity contribution in [1.29, 1.82) is 0 Å². The lowest BCUT2D eigenvalue weighted by Crippen LogP contribution is -2.02. The van der Waals surface area contributed by atoms with Gasteiger partial charge in [-0.25, -0.2) is 4.39 Å². The van der Waals surface area contributed by atoms with E-state index in [1.807, 2.05) is 0 Å². The molecule has 0 amide bonds. The van der Waals surface area contributed by atoms with E-state index < -0.39 is 6.10 Å². The van der Waals surface area contributed by atoms with Crippen LogP contribution in [0.3, 0.4) is 0 Å². The lowest BCUT2D eigenvalue weighted by atomic mass is 10.0. The Hall–Kier alpha value is -1.09. The largest absolute Gasteiger partial charge is 0.388 e. The predicted molar refractivity (Wildman–Crippen MR) is 71.5 cm³/mol. The molecular formula is C14H11Cl2FO. The van der Waals surface area contributed by atoms with Crippen molar-refractivity contribution in [3.8, 4) is 0 Å². The third kappa shape index (κ3) is 3.02. The van der Waals surface area contributed by atoms with Gasteiger partial charge in [-0.3, -0.25) is 0 Å². The molecule has 0 aliphatic heterocycles. The predicted octanol–water partition coefficient (Wildman–Crippen LogP) is 4.41. The number of hydrogen-bond donors (Lipinski definition) is 1. The van der Waals surface area contributed by atoms with Crippen molar-refractivity contribution in [3.63, 3.8) is 0 Å². The minimum Gasteiger partial charge on any atom is -0.388 e. The number of benzene rings is 2. The topological polar surface area (TPSA) is 20.2 Å². The average Bonchev–Trinajstić information content (AvgIpc) is 2.35. The summed E-state index contributed by atoms with van der Waals surface area (Å²) in [4.78, 5) is 0. The fourth-order valence-corrected chi connectivity index (χ4v) is 2.14. The zero-order chi connectivity index (χ0) is 13.1. The van der Waals surface area contributed by atoms with Gasteiger partial charge in [-0.15, -0.1) is 0 Å². The van der Waals surface area contributed by atoms with Crippen LogP contribution in [0.25, 0.3) is 0 Å². The van der Waals surface area contributed by atoms with Crippen LogP contribution in [0.2, 0.25) is 10.0 Å². The van der Waals surface area contributed by atoms with Crippen molar-refractivity contribution >= 4 is 23.2 Å². The molecule has 0 aliphatic rings. The Kier molecular flexibility index (Phi) is 4.23. The minimum absolute atomic E-state index is 0.294. The van der Waals surface area contributed by atoms with E-state index in [1.54, 1.807) is 30.3 Å². The van der Waals surface area contributed by atoms with Gasteiger partial charge in [0.15, 0.2) is 0 Å². The molecule has 0 saturated carbocycles. The minimum atomic E-state index is -0.809. The first-order valence-corrected chi connectivity index (χ1v) is 6.20. The zero-order valence-corrected chi connectivity index (χ0v) is 10.9. The standard InChI is InChI=1S/C14H11Cl2FO/c15-12-6-2-4-10(14(12)16)8-13(18)9-3-1-5-11(17)7-9/h1-7,13,18H,8H2. The number of aliphatic hydroxyl groups excluding tert-OH is 1. The van der Waals surface area contributed by atoms with Crippen LogP contribution in [-0.4, -0.2) is 5.11 Å². The van der Waals surface area contributed by atoms with Crippen molar-refractivity contribution in [1.82, 2.24) is 0 Å². The monoisotopic (exact) mass is 284 g/mol. The van der Waals surface area contributed by atoms with E-state index >= 15 is 0 Å². The molecule has 1 atom stereocenters. The van der Waals surface area contributed by atoms with Gasteiger partial charge in [-0.1, -0.05) is 47.5 Å². The SMILES string of the molecule is OC(Cc1cccc(Cl)c1Cl)c1cccc(F)c1. The fraction of sp³-hybridized carbons (Fsp3) is 0.143. The third-order valence-corrected chi connectivity index (χ3v) is 3.54. The summed E-state index contributed by atoms with van der Waals surface area (Å²) >= 11 is 11.9. The molecule has 0 spiro atoms. The van der Waals surface area contributed by atoms with Crippen molar-refractivity contribution in [2.45, 2.75) is 12.5 Å². The molecule has 1 nitrogen and oxygen atoms in total. The van der Waals surface area contributed by atoms with Crippen LogP contribution in [0, 0.1) is 5.82 Å². The Bertz CT molecular complexity index is 557. The van der Waals surface area contributed by atoms with E-state index in [0.717, 1.165) is 5.56 Å². The van der Waals surface area contributed by atoms with Gasteiger partial charge >= 0.3 is 0 Å². The summed E-state index contributed by atoms with van der Waals surface area (Å²) in [7, 11) is 0. The summed E-state index contributed by atoms with van der Waals surface area (Å²) in [6.45, 7) is 0. The van der Waals surface area contributed by atoms with Gasteiger partial charge in [0, 0.05) is 6.42 Å². The van der Waals surface area contributed by atoms with Gasteiger partial charge < -0.3 is 5.11 Å². The van der Waals surface area contributed by atoms with E-state index in [4.69, 9.17) is 23.2 Å². The number of aliphatic hydroxyl groups is 1. The highest BCUT2D eigenvalue weighted by Crippen LogP contribution is 2.29. The molecule has 0 aliphatic carbocycles. The van der Waals surface area contributed by atoms with Gasteiger partial charge in [0.25, 0.3) is 0 Å². The average molecular weight is 285 g/mol. The number of halogens is 3.